The molecule has 0 radical (unpaired) electrons. The Labute approximate surface area is 207 Å². The summed E-state index contributed by atoms with van der Waals surface area (Å²) in [6.45, 7) is 10.7. The van der Waals surface area contributed by atoms with E-state index in [0.29, 0.717) is 11.8 Å². The van der Waals surface area contributed by atoms with Crippen molar-refractivity contribution in [3.05, 3.63) is 71.1 Å². The molecule has 1 aliphatic carbocycles. The van der Waals surface area contributed by atoms with E-state index in [-0.39, 0.29) is 17.4 Å². The molecule has 1 saturated carbocycles. The van der Waals surface area contributed by atoms with Gasteiger partial charge >= 0.3 is 0 Å². The van der Waals surface area contributed by atoms with E-state index >= 15 is 0 Å². The Bertz CT molecular complexity index is 1390. The van der Waals surface area contributed by atoms with E-state index in [4.69, 9.17) is 9.40 Å². The first kappa shape index (κ1) is 23.4. The first-order valence-electron chi connectivity index (χ1n) is 12.7. The van der Waals surface area contributed by atoms with Crippen LogP contribution in [0.25, 0.3) is 21.9 Å². The van der Waals surface area contributed by atoms with Gasteiger partial charge in [-0.3, -0.25) is 9.78 Å². The maximum atomic E-state index is 12.8. The molecule has 5 heteroatoms. The molecule has 0 atom stereocenters. The Morgan fingerprint density at radius 1 is 0.971 bits per heavy atom. The number of aromatic nitrogens is 1. The molecule has 35 heavy (non-hydrogen) atoms. The van der Waals surface area contributed by atoms with Gasteiger partial charge in [0.1, 0.15) is 5.58 Å². The summed E-state index contributed by atoms with van der Waals surface area (Å²) >= 11 is 0. The van der Waals surface area contributed by atoms with Crippen molar-refractivity contribution in [3.8, 4) is 0 Å². The lowest BCUT2D eigenvalue weighted by Crippen LogP contribution is -2.40. The first-order valence-corrected chi connectivity index (χ1v) is 12.7. The van der Waals surface area contributed by atoms with Gasteiger partial charge < -0.3 is 15.1 Å². The lowest BCUT2D eigenvalue weighted by atomic mass is 9.89. The smallest absolute Gasteiger partial charge is 0.287 e. The van der Waals surface area contributed by atoms with Crippen molar-refractivity contribution in [1.29, 1.82) is 0 Å². The van der Waals surface area contributed by atoms with Gasteiger partial charge in [0.05, 0.1) is 5.52 Å². The summed E-state index contributed by atoms with van der Waals surface area (Å²) in [6.07, 6.45) is 3.89. The third-order valence-electron chi connectivity index (χ3n) is 7.12. The molecule has 0 saturated heterocycles. The van der Waals surface area contributed by atoms with Gasteiger partial charge in [0.25, 0.3) is 5.91 Å². The minimum atomic E-state index is -0.123. The summed E-state index contributed by atoms with van der Waals surface area (Å²) in [7, 11) is 0. The molecule has 1 amide bonds. The molecular weight excluding hydrogens is 434 g/mol. The Morgan fingerprint density at radius 2 is 1.71 bits per heavy atom. The predicted molar refractivity (Wildman–Crippen MR) is 143 cm³/mol. The second-order valence-electron chi connectivity index (χ2n) is 11.1. The topological polar surface area (TPSA) is 67.2 Å². The lowest BCUT2D eigenvalue weighted by molar-refractivity contribution is 0.0900. The van der Waals surface area contributed by atoms with Crippen molar-refractivity contribution in [1.82, 2.24) is 10.3 Å². The monoisotopic (exact) mass is 469 g/mol. The third kappa shape index (κ3) is 4.90. The third-order valence-corrected chi connectivity index (χ3v) is 7.12. The molecule has 1 aliphatic rings. The van der Waals surface area contributed by atoms with Crippen molar-refractivity contribution in [2.45, 2.75) is 77.8 Å². The van der Waals surface area contributed by atoms with Crippen molar-refractivity contribution < 1.29 is 9.21 Å². The largest absolute Gasteiger partial charge is 0.451 e. The number of pyridine rings is 1. The molecule has 0 unspecified atom stereocenters. The number of amides is 1. The summed E-state index contributed by atoms with van der Waals surface area (Å²) < 4.78 is 5.86. The number of hydrogen-bond acceptors (Lipinski definition) is 4. The average Bonchev–Trinajstić information content (AvgIpc) is 3.26. The van der Waals surface area contributed by atoms with Gasteiger partial charge in [0.2, 0.25) is 0 Å². The quantitative estimate of drug-likeness (QED) is 0.336. The van der Waals surface area contributed by atoms with Gasteiger partial charge in [-0.25, -0.2) is 0 Å². The zero-order valence-corrected chi connectivity index (χ0v) is 21.4. The van der Waals surface area contributed by atoms with Crippen LogP contribution in [0.4, 0.5) is 5.69 Å². The van der Waals surface area contributed by atoms with E-state index in [0.717, 1.165) is 59.1 Å². The molecule has 2 N–H and O–H groups in total. The SMILES string of the molecule is Cc1ccc2nc(C(C)(C)C)cc(NC3CCC(NC(=O)c4cc5cccc(C)c5o4)CC3)c2c1. The van der Waals surface area contributed by atoms with Crippen LogP contribution in [-0.2, 0) is 5.41 Å². The van der Waals surface area contributed by atoms with Crippen LogP contribution in [0.2, 0.25) is 0 Å². The molecule has 2 aromatic carbocycles. The number of hydrogen-bond donors (Lipinski definition) is 2. The van der Waals surface area contributed by atoms with Crippen LogP contribution < -0.4 is 10.6 Å². The van der Waals surface area contributed by atoms with E-state index in [1.807, 2.05) is 31.2 Å². The molecule has 182 valence electrons. The number of benzene rings is 2. The van der Waals surface area contributed by atoms with Gasteiger partial charge in [-0.1, -0.05) is 50.6 Å². The Morgan fingerprint density at radius 3 is 2.43 bits per heavy atom. The zero-order valence-electron chi connectivity index (χ0n) is 21.4. The van der Waals surface area contributed by atoms with Gasteiger partial charge in [0, 0.05) is 39.7 Å². The van der Waals surface area contributed by atoms with E-state index in [9.17, 15) is 4.79 Å². The zero-order chi connectivity index (χ0) is 24.7. The summed E-state index contributed by atoms with van der Waals surface area (Å²) in [5.74, 6) is 0.269. The van der Waals surface area contributed by atoms with Crippen molar-refractivity contribution in [2.75, 3.05) is 5.32 Å². The van der Waals surface area contributed by atoms with E-state index in [1.165, 1.54) is 10.9 Å². The van der Waals surface area contributed by atoms with Crippen molar-refractivity contribution >= 4 is 33.5 Å². The fourth-order valence-electron chi connectivity index (χ4n) is 5.02. The van der Waals surface area contributed by atoms with Crippen LogP contribution in [0.5, 0.6) is 0 Å². The molecule has 0 bridgehead atoms. The number of carbonyl (C=O) groups is 1. The van der Waals surface area contributed by atoms with Crippen LogP contribution in [0, 0.1) is 13.8 Å². The van der Waals surface area contributed by atoms with Gasteiger partial charge in [-0.2, -0.15) is 0 Å². The maximum Gasteiger partial charge on any atom is 0.287 e. The fourth-order valence-corrected chi connectivity index (χ4v) is 5.02. The molecule has 2 heterocycles. The number of anilines is 1. The van der Waals surface area contributed by atoms with Crippen molar-refractivity contribution in [3.63, 3.8) is 0 Å². The normalized spacial score (nSPS) is 18.7. The summed E-state index contributed by atoms with van der Waals surface area (Å²) in [5, 5.41) is 9.16. The Balaban J connectivity index is 1.26. The molecular formula is C30H35N3O2. The lowest BCUT2D eigenvalue weighted by Gasteiger charge is -2.31. The number of nitrogens with one attached hydrogen (secondary N) is 2. The van der Waals surface area contributed by atoms with E-state index in [1.54, 1.807) is 0 Å². The van der Waals surface area contributed by atoms with Crippen LogP contribution >= 0.6 is 0 Å². The van der Waals surface area contributed by atoms with Crippen LogP contribution in [0.15, 0.2) is 52.9 Å². The number of aryl methyl sites for hydroxylation is 2. The standard InChI is InChI=1S/C30H35N3O2/c1-18-9-14-24-23(15-18)25(17-27(33-24)30(3,4)5)31-21-10-12-22(13-11-21)32-29(34)26-16-20-8-6-7-19(2)28(20)35-26/h6-9,14-17,21-22H,10-13H2,1-5H3,(H,31,33)(H,32,34). The Kier molecular flexibility index (Phi) is 6.04. The van der Waals surface area contributed by atoms with Gasteiger partial charge in [-0.15, -0.1) is 0 Å². The second kappa shape index (κ2) is 9.03. The highest BCUT2D eigenvalue weighted by Gasteiger charge is 2.25. The molecule has 5 nitrogen and oxygen atoms in total. The molecule has 4 aromatic rings. The van der Waals surface area contributed by atoms with Crippen LogP contribution in [0.1, 0.15) is 73.8 Å². The first-order chi connectivity index (χ1) is 16.7. The second-order valence-corrected chi connectivity index (χ2v) is 11.1. The van der Waals surface area contributed by atoms with E-state index < -0.39 is 0 Å². The average molecular weight is 470 g/mol. The van der Waals surface area contributed by atoms with Gasteiger partial charge in [-0.05, 0) is 69.4 Å². The Hall–Kier alpha value is -3.34. The highest BCUT2D eigenvalue weighted by atomic mass is 16.3. The summed E-state index contributed by atoms with van der Waals surface area (Å²) in [6, 6.07) is 17.0. The van der Waals surface area contributed by atoms with Crippen LogP contribution in [0.3, 0.4) is 0 Å². The highest BCUT2D eigenvalue weighted by Crippen LogP contribution is 2.32. The number of fused-ring (bicyclic) bond motifs is 2. The maximum absolute atomic E-state index is 12.8. The number of nitrogens with zero attached hydrogens (tertiary/aromatic N) is 1. The molecule has 0 spiro atoms. The molecule has 2 aromatic heterocycles. The fraction of sp³-hybridized carbons (Fsp3) is 0.400. The number of carbonyl (C=O) groups excluding carboxylic acids is 1. The summed E-state index contributed by atoms with van der Waals surface area (Å²) in [5.41, 5.74) is 6.34. The van der Waals surface area contributed by atoms with Crippen molar-refractivity contribution in [2.24, 2.45) is 0 Å². The number of furan rings is 1. The van der Waals surface area contributed by atoms with Crippen LogP contribution in [-0.4, -0.2) is 23.0 Å². The summed E-state index contributed by atoms with van der Waals surface area (Å²) in [4.78, 5) is 17.8. The van der Waals surface area contributed by atoms with E-state index in [2.05, 4.69) is 62.6 Å². The number of rotatable bonds is 4. The molecule has 0 aliphatic heterocycles. The number of para-hydroxylation sites is 1. The highest BCUT2D eigenvalue weighted by molar-refractivity contribution is 5.97. The van der Waals surface area contributed by atoms with Gasteiger partial charge in [0.15, 0.2) is 5.76 Å². The molecule has 1 fully saturated rings. The minimum absolute atomic E-state index is 0.0212. The predicted octanol–water partition coefficient (Wildman–Crippen LogP) is 7.05. The minimum Gasteiger partial charge on any atom is -0.451 e. The molecule has 5 rings (SSSR count).